The van der Waals surface area contributed by atoms with Crippen molar-refractivity contribution >= 4 is 0 Å². The molecule has 1 aromatic rings. The van der Waals surface area contributed by atoms with Crippen LogP contribution in [0, 0.1) is 5.82 Å². The Morgan fingerprint density at radius 2 is 2.20 bits per heavy atom. The monoisotopic (exact) mass is 211 g/mol. The number of nitrogens with two attached hydrogens (primary N) is 1. The lowest BCUT2D eigenvalue weighted by Gasteiger charge is -2.30. The molecule has 1 heterocycles. The smallest absolute Gasteiger partial charge is 0.129 e. The van der Waals surface area contributed by atoms with Gasteiger partial charge in [-0.15, -0.1) is 0 Å². The zero-order valence-electron chi connectivity index (χ0n) is 8.36. The Labute approximate surface area is 88.0 Å². The molecule has 0 bridgehead atoms. The topological polar surface area (TPSA) is 44.5 Å². The van der Waals surface area contributed by atoms with Gasteiger partial charge < -0.3 is 15.2 Å². The Hall–Kier alpha value is -0.970. The van der Waals surface area contributed by atoms with Gasteiger partial charge in [0, 0.05) is 12.1 Å². The summed E-state index contributed by atoms with van der Waals surface area (Å²) in [6, 6.07) is 6.55. The van der Waals surface area contributed by atoms with Gasteiger partial charge in [0.05, 0.1) is 19.3 Å². The van der Waals surface area contributed by atoms with E-state index in [9.17, 15) is 4.39 Å². The maximum atomic E-state index is 13.4. The average Bonchev–Trinajstić information content (AvgIpc) is 2.19. The molecule has 3 nitrogen and oxygen atoms in total. The van der Waals surface area contributed by atoms with Crippen LogP contribution >= 0.6 is 0 Å². The van der Waals surface area contributed by atoms with E-state index < -0.39 is 0 Å². The largest absolute Gasteiger partial charge is 0.376 e. The Bertz CT molecular complexity index is 328. The summed E-state index contributed by atoms with van der Waals surface area (Å²) in [5, 5.41) is 0. The van der Waals surface area contributed by atoms with Gasteiger partial charge in [-0.05, 0) is 6.07 Å². The minimum atomic E-state index is -0.375. The second kappa shape index (κ2) is 4.70. The van der Waals surface area contributed by atoms with Crippen LogP contribution in [0.2, 0.25) is 0 Å². The van der Waals surface area contributed by atoms with E-state index >= 15 is 0 Å². The van der Waals surface area contributed by atoms with Crippen molar-refractivity contribution in [2.24, 2.45) is 5.73 Å². The lowest BCUT2D eigenvalue weighted by atomic mass is 10.1. The fraction of sp³-hybridized carbons (Fsp3) is 0.455. The lowest BCUT2D eigenvalue weighted by molar-refractivity contribution is -0.154. The predicted octanol–water partition coefficient (Wildman–Crippen LogP) is 1.24. The van der Waals surface area contributed by atoms with Crippen LogP contribution in [0.3, 0.4) is 0 Å². The second-order valence-electron chi connectivity index (χ2n) is 3.54. The van der Waals surface area contributed by atoms with E-state index in [0.717, 1.165) is 0 Å². The first-order chi connectivity index (χ1) is 7.31. The van der Waals surface area contributed by atoms with Gasteiger partial charge in [-0.25, -0.2) is 4.39 Å². The van der Waals surface area contributed by atoms with E-state index in [1.807, 2.05) is 0 Å². The molecule has 1 aliphatic rings. The van der Waals surface area contributed by atoms with E-state index in [4.69, 9.17) is 15.2 Å². The van der Waals surface area contributed by atoms with E-state index in [1.165, 1.54) is 6.07 Å². The Morgan fingerprint density at radius 1 is 1.47 bits per heavy atom. The van der Waals surface area contributed by atoms with Crippen LogP contribution in [0.1, 0.15) is 11.7 Å². The molecule has 1 aromatic carbocycles. The fourth-order valence-electron chi connectivity index (χ4n) is 1.52. The fourth-order valence-corrected chi connectivity index (χ4v) is 1.52. The highest BCUT2D eigenvalue weighted by molar-refractivity contribution is 5.20. The van der Waals surface area contributed by atoms with Crippen molar-refractivity contribution in [1.29, 1.82) is 0 Å². The quantitative estimate of drug-likeness (QED) is 0.815. The van der Waals surface area contributed by atoms with Crippen molar-refractivity contribution in [3.05, 3.63) is 35.6 Å². The van der Waals surface area contributed by atoms with Crippen LogP contribution in [-0.2, 0) is 9.47 Å². The summed E-state index contributed by atoms with van der Waals surface area (Å²) in [6.07, 6.45) is -0.321. The summed E-state index contributed by atoms with van der Waals surface area (Å²) in [5.74, 6) is -0.270. The van der Waals surface area contributed by atoms with Crippen molar-refractivity contribution in [3.8, 4) is 0 Å². The van der Waals surface area contributed by atoms with E-state index in [0.29, 0.717) is 18.8 Å². The molecular weight excluding hydrogens is 197 g/mol. The normalized spacial score (nSPS) is 18.5. The molecule has 15 heavy (non-hydrogen) atoms. The molecule has 4 heteroatoms. The van der Waals surface area contributed by atoms with E-state index in [1.54, 1.807) is 18.2 Å². The second-order valence-corrected chi connectivity index (χ2v) is 3.54. The average molecular weight is 211 g/mol. The number of hydrogen-bond acceptors (Lipinski definition) is 3. The predicted molar refractivity (Wildman–Crippen MR) is 53.9 cm³/mol. The SMILES string of the molecule is NCC(OC1COC1)c1ccccc1F. The third-order valence-electron chi connectivity index (χ3n) is 2.43. The Morgan fingerprint density at radius 3 is 2.73 bits per heavy atom. The van der Waals surface area contributed by atoms with Gasteiger partial charge in [0.25, 0.3) is 0 Å². The minimum absolute atomic E-state index is 0.0538. The highest BCUT2D eigenvalue weighted by atomic mass is 19.1. The summed E-state index contributed by atoms with van der Waals surface area (Å²) in [4.78, 5) is 0. The first-order valence-electron chi connectivity index (χ1n) is 4.99. The standard InChI is InChI=1S/C11H14FNO2/c12-10-4-2-1-3-9(10)11(5-13)15-8-6-14-7-8/h1-4,8,11H,5-7,13H2. The van der Waals surface area contributed by atoms with Crippen LogP contribution in [0.15, 0.2) is 24.3 Å². The lowest BCUT2D eigenvalue weighted by Crippen LogP contribution is -2.38. The van der Waals surface area contributed by atoms with Crippen LogP contribution in [0.25, 0.3) is 0 Å². The molecule has 0 radical (unpaired) electrons. The van der Waals surface area contributed by atoms with Gasteiger partial charge in [-0.1, -0.05) is 18.2 Å². The summed E-state index contributed by atoms with van der Waals surface area (Å²) in [6.45, 7) is 1.42. The molecule has 1 fully saturated rings. The molecule has 0 amide bonds. The molecule has 0 saturated carbocycles. The van der Waals surface area contributed by atoms with Gasteiger partial charge in [-0.2, -0.15) is 0 Å². The number of hydrogen-bond donors (Lipinski definition) is 1. The molecule has 1 aliphatic heterocycles. The summed E-state index contributed by atoms with van der Waals surface area (Å²) < 4.78 is 24.0. The van der Waals surface area contributed by atoms with Crippen LogP contribution in [0.5, 0.6) is 0 Å². The van der Waals surface area contributed by atoms with Gasteiger partial charge in [0.15, 0.2) is 0 Å². The van der Waals surface area contributed by atoms with Crippen LogP contribution in [-0.4, -0.2) is 25.9 Å². The summed E-state index contributed by atoms with van der Waals surface area (Å²) >= 11 is 0. The van der Waals surface area contributed by atoms with Crippen molar-refractivity contribution in [2.75, 3.05) is 19.8 Å². The highest BCUT2D eigenvalue weighted by Crippen LogP contribution is 2.23. The minimum Gasteiger partial charge on any atom is -0.376 e. The van der Waals surface area contributed by atoms with Crippen LogP contribution in [0.4, 0.5) is 4.39 Å². The number of rotatable bonds is 4. The Kier molecular flexibility index (Phi) is 3.30. The molecule has 0 aromatic heterocycles. The molecule has 2 N–H and O–H groups in total. The molecule has 1 saturated heterocycles. The molecule has 1 unspecified atom stereocenters. The van der Waals surface area contributed by atoms with Crippen molar-refractivity contribution in [2.45, 2.75) is 12.2 Å². The number of halogens is 1. The molecule has 82 valence electrons. The molecule has 1 atom stereocenters. The maximum absolute atomic E-state index is 13.4. The van der Waals surface area contributed by atoms with Crippen molar-refractivity contribution < 1.29 is 13.9 Å². The van der Waals surface area contributed by atoms with Gasteiger partial charge in [0.2, 0.25) is 0 Å². The summed E-state index contributed by atoms with van der Waals surface area (Å²) in [5.41, 5.74) is 6.09. The molecule has 2 rings (SSSR count). The van der Waals surface area contributed by atoms with Crippen molar-refractivity contribution in [1.82, 2.24) is 0 Å². The third kappa shape index (κ3) is 2.34. The Balaban J connectivity index is 2.07. The maximum Gasteiger partial charge on any atom is 0.129 e. The van der Waals surface area contributed by atoms with Crippen LogP contribution < -0.4 is 5.73 Å². The van der Waals surface area contributed by atoms with Crippen molar-refractivity contribution in [3.63, 3.8) is 0 Å². The highest BCUT2D eigenvalue weighted by Gasteiger charge is 2.24. The number of benzene rings is 1. The molecule has 0 spiro atoms. The molecular formula is C11H14FNO2. The number of ether oxygens (including phenoxy) is 2. The zero-order valence-corrected chi connectivity index (χ0v) is 8.36. The third-order valence-corrected chi connectivity index (χ3v) is 2.43. The van der Waals surface area contributed by atoms with Gasteiger partial charge in [-0.3, -0.25) is 0 Å². The first kappa shape index (κ1) is 10.5. The van der Waals surface area contributed by atoms with E-state index in [2.05, 4.69) is 0 Å². The van der Waals surface area contributed by atoms with E-state index in [-0.39, 0.29) is 24.6 Å². The first-order valence-corrected chi connectivity index (χ1v) is 4.99. The molecule has 0 aliphatic carbocycles. The summed E-state index contributed by atoms with van der Waals surface area (Å²) in [7, 11) is 0. The zero-order chi connectivity index (χ0) is 10.7. The van der Waals surface area contributed by atoms with Gasteiger partial charge in [0.1, 0.15) is 11.9 Å². The van der Waals surface area contributed by atoms with Gasteiger partial charge >= 0.3 is 0 Å².